The van der Waals surface area contributed by atoms with Crippen LogP contribution in [-0.4, -0.2) is 4.21 Å². The Balaban J connectivity index is 2.17. The maximum Gasteiger partial charge on any atom is 0.0574 e. The molecule has 0 heterocycles. The molecule has 0 spiro atoms. The van der Waals surface area contributed by atoms with E-state index in [9.17, 15) is 4.21 Å². The normalized spacial score (nSPS) is 13.1. The Morgan fingerprint density at radius 1 is 1.10 bits per heavy atom. The van der Waals surface area contributed by atoms with Crippen LogP contribution in [0.15, 0.2) is 51.8 Å². The lowest BCUT2D eigenvalue weighted by atomic mass is 9.87. The Kier molecular flexibility index (Phi) is 4.89. The summed E-state index contributed by atoms with van der Waals surface area (Å²) in [6.45, 7) is 6.51. The van der Waals surface area contributed by atoms with Crippen LogP contribution in [0, 0.1) is 0 Å². The van der Waals surface area contributed by atoms with Crippen molar-refractivity contribution in [3.8, 4) is 0 Å². The van der Waals surface area contributed by atoms with Crippen LogP contribution in [0.3, 0.4) is 0 Å². The fourth-order valence-electron chi connectivity index (χ4n) is 2.10. The number of nitrogen functional groups attached to an aromatic ring is 1. The molecule has 0 radical (unpaired) electrons. The molecule has 2 rings (SSSR count). The molecule has 0 aromatic heterocycles. The first-order chi connectivity index (χ1) is 9.75. The van der Waals surface area contributed by atoms with Gasteiger partial charge in [-0.05, 0) is 46.9 Å². The SMILES string of the molecule is CC(C)(C)c1ccc(S(=O)Cc2cc(N)cc(Br)c2)cc1. The van der Waals surface area contributed by atoms with E-state index in [1.807, 2.05) is 30.3 Å². The Hall–Kier alpha value is -1.13. The molecule has 0 saturated carbocycles. The standard InChI is InChI=1S/C17H20BrNOS/c1-17(2,3)13-4-6-16(7-5-13)21(20)11-12-8-14(18)10-15(19)9-12/h4-10H,11,19H2,1-3H3. The molecule has 0 aliphatic carbocycles. The van der Waals surface area contributed by atoms with Crippen LogP contribution in [0.4, 0.5) is 5.69 Å². The van der Waals surface area contributed by atoms with Gasteiger partial charge in [0, 0.05) is 15.1 Å². The molecule has 0 saturated heterocycles. The predicted molar refractivity (Wildman–Crippen MR) is 93.8 cm³/mol. The van der Waals surface area contributed by atoms with Gasteiger partial charge in [0.15, 0.2) is 0 Å². The van der Waals surface area contributed by atoms with Crippen LogP contribution in [0.5, 0.6) is 0 Å². The van der Waals surface area contributed by atoms with Gasteiger partial charge < -0.3 is 5.73 Å². The first-order valence-corrected chi connectivity index (χ1v) is 8.91. The molecular weight excluding hydrogens is 346 g/mol. The smallest absolute Gasteiger partial charge is 0.0574 e. The molecule has 1 atom stereocenters. The Morgan fingerprint density at radius 3 is 2.24 bits per heavy atom. The zero-order valence-electron chi connectivity index (χ0n) is 12.5. The number of benzene rings is 2. The van der Waals surface area contributed by atoms with Gasteiger partial charge in [-0.3, -0.25) is 4.21 Å². The van der Waals surface area contributed by atoms with Crippen molar-refractivity contribution < 1.29 is 4.21 Å². The van der Waals surface area contributed by atoms with Crippen LogP contribution in [-0.2, 0) is 22.0 Å². The minimum Gasteiger partial charge on any atom is -0.399 e. The first-order valence-electron chi connectivity index (χ1n) is 6.79. The molecular formula is C17H20BrNOS. The second-order valence-corrected chi connectivity index (χ2v) is 8.52. The lowest BCUT2D eigenvalue weighted by Crippen LogP contribution is -2.10. The minimum atomic E-state index is -1.06. The molecule has 2 aromatic rings. The van der Waals surface area contributed by atoms with E-state index in [0.29, 0.717) is 11.4 Å². The lowest BCUT2D eigenvalue weighted by Gasteiger charge is -2.19. The van der Waals surface area contributed by atoms with E-state index in [1.54, 1.807) is 0 Å². The highest BCUT2D eigenvalue weighted by atomic mass is 79.9. The third-order valence-corrected chi connectivity index (χ3v) is 5.11. The van der Waals surface area contributed by atoms with E-state index in [0.717, 1.165) is 14.9 Å². The lowest BCUT2D eigenvalue weighted by molar-refractivity contribution is 0.589. The molecule has 0 fully saturated rings. The molecule has 2 nitrogen and oxygen atoms in total. The summed E-state index contributed by atoms with van der Waals surface area (Å²) in [5.74, 6) is 0.471. The third kappa shape index (κ3) is 4.42. The van der Waals surface area contributed by atoms with Gasteiger partial charge in [-0.15, -0.1) is 0 Å². The van der Waals surface area contributed by atoms with Gasteiger partial charge in [0.2, 0.25) is 0 Å². The van der Waals surface area contributed by atoms with Crippen molar-refractivity contribution in [1.82, 2.24) is 0 Å². The minimum absolute atomic E-state index is 0.110. The summed E-state index contributed by atoms with van der Waals surface area (Å²) in [6, 6.07) is 13.7. The summed E-state index contributed by atoms with van der Waals surface area (Å²) in [5, 5.41) is 0. The maximum absolute atomic E-state index is 12.5. The second kappa shape index (κ2) is 6.32. The van der Waals surface area contributed by atoms with Gasteiger partial charge in [0.05, 0.1) is 16.6 Å². The summed E-state index contributed by atoms with van der Waals surface area (Å²) in [5.41, 5.74) is 8.82. The number of hydrogen-bond acceptors (Lipinski definition) is 2. The quantitative estimate of drug-likeness (QED) is 0.805. The van der Waals surface area contributed by atoms with E-state index in [4.69, 9.17) is 5.73 Å². The summed E-state index contributed by atoms with van der Waals surface area (Å²) >= 11 is 3.41. The number of nitrogens with two attached hydrogens (primary N) is 1. The third-order valence-electron chi connectivity index (χ3n) is 3.26. The van der Waals surface area contributed by atoms with Crippen LogP contribution >= 0.6 is 15.9 Å². The van der Waals surface area contributed by atoms with E-state index in [2.05, 4.69) is 48.8 Å². The van der Waals surface area contributed by atoms with Gasteiger partial charge >= 0.3 is 0 Å². The van der Waals surface area contributed by atoms with Crippen LogP contribution in [0.25, 0.3) is 0 Å². The second-order valence-electron chi connectivity index (χ2n) is 6.16. The van der Waals surface area contributed by atoms with Crippen molar-refractivity contribution in [3.05, 3.63) is 58.1 Å². The van der Waals surface area contributed by atoms with E-state index in [-0.39, 0.29) is 5.41 Å². The Bertz CT molecular complexity index is 639. The first kappa shape index (κ1) is 16.2. The molecule has 0 amide bonds. The topological polar surface area (TPSA) is 43.1 Å². The molecule has 2 N–H and O–H groups in total. The average Bonchev–Trinajstić information content (AvgIpc) is 2.36. The van der Waals surface area contributed by atoms with Gasteiger partial charge in [-0.25, -0.2) is 0 Å². The molecule has 21 heavy (non-hydrogen) atoms. The molecule has 0 aliphatic rings. The van der Waals surface area contributed by atoms with Crippen molar-refractivity contribution >= 4 is 32.4 Å². The molecule has 0 bridgehead atoms. The van der Waals surface area contributed by atoms with Crippen LogP contribution in [0.2, 0.25) is 0 Å². The van der Waals surface area contributed by atoms with Crippen molar-refractivity contribution in [3.63, 3.8) is 0 Å². The largest absolute Gasteiger partial charge is 0.399 e. The molecule has 4 heteroatoms. The van der Waals surface area contributed by atoms with Crippen molar-refractivity contribution in [2.75, 3.05) is 5.73 Å². The Labute approximate surface area is 137 Å². The fourth-order valence-corrected chi connectivity index (χ4v) is 3.73. The predicted octanol–water partition coefficient (Wildman–Crippen LogP) is 4.64. The molecule has 1 unspecified atom stereocenters. The van der Waals surface area contributed by atoms with E-state index >= 15 is 0 Å². The number of hydrogen-bond donors (Lipinski definition) is 1. The van der Waals surface area contributed by atoms with Crippen LogP contribution in [0.1, 0.15) is 31.9 Å². The van der Waals surface area contributed by atoms with Gasteiger partial charge in [-0.1, -0.05) is 48.8 Å². The summed E-state index contributed by atoms with van der Waals surface area (Å²) < 4.78 is 13.4. The van der Waals surface area contributed by atoms with E-state index in [1.165, 1.54) is 5.56 Å². The van der Waals surface area contributed by atoms with Crippen molar-refractivity contribution in [2.24, 2.45) is 0 Å². The summed E-state index contributed by atoms with van der Waals surface area (Å²) in [4.78, 5) is 0.849. The fraction of sp³-hybridized carbons (Fsp3) is 0.294. The zero-order chi connectivity index (χ0) is 15.6. The Morgan fingerprint density at radius 2 is 1.71 bits per heavy atom. The van der Waals surface area contributed by atoms with Crippen molar-refractivity contribution in [1.29, 1.82) is 0 Å². The molecule has 112 valence electrons. The van der Waals surface area contributed by atoms with Gasteiger partial charge in [-0.2, -0.15) is 0 Å². The molecule has 2 aromatic carbocycles. The van der Waals surface area contributed by atoms with Crippen molar-refractivity contribution in [2.45, 2.75) is 36.8 Å². The molecule has 0 aliphatic heterocycles. The maximum atomic E-state index is 12.5. The monoisotopic (exact) mass is 365 g/mol. The van der Waals surface area contributed by atoms with E-state index < -0.39 is 10.8 Å². The number of halogens is 1. The summed E-state index contributed by atoms with van der Waals surface area (Å²) in [6.07, 6.45) is 0. The highest BCUT2D eigenvalue weighted by molar-refractivity contribution is 9.10. The summed E-state index contributed by atoms with van der Waals surface area (Å²) in [7, 11) is -1.06. The zero-order valence-corrected chi connectivity index (χ0v) is 14.9. The number of rotatable bonds is 3. The highest BCUT2D eigenvalue weighted by Gasteiger charge is 2.14. The van der Waals surface area contributed by atoms with Gasteiger partial charge in [0.1, 0.15) is 0 Å². The van der Waals surface area contributed by atoms with Crippen LogP contribution < -0.4 is 5.73 Å². The number of anilines is 1. The highest BCUT2D eigenvalue weighted by Crippen LogP contribution is 2.24. The average molecular weight is 366 g/mol. The van der Waals surface area contributed by atoms with Gasteiger partial charge in [0.25, 0.3) is 0 Å².